The van der Waals surface area contributed by atoms with Gasteiger partial charge >= 0.3 is 0 Å². The molecule has 25 heavy (non-hydrogen) atoms. The van der Waals surface area contributed by atoms with Crippen LogP contribution in [0.5, 0.6) is 0 Å². The lowest BCUT2D eigenvalue weighted by atomic mass is 10.2. The summed E-state index contributed by atoms with van der Waals surface area (Å²) in [6.07, 6.45) is 1.80. The fourth-order valence-corrected chi connectivity index (χ4v) is 2.99. The molecule has 0 spiro atoms. The van der Waals surface area contributed by atoms with Crippen LogP contribution in [0.3, 0.4) is 0 Å². The maximum atomic E-state index is 4.85. The van der Waals surface area contributed by atoms with Crippen LogP contribution in [-0.4, -0.2) is 53.1 Å². The van der Waals surface area contributed by atoms with Crippen molar-refractivity contribution in [1.29, 1.82) is 0 Å². The highest BCUT2D eigenvalue weighted by atomic mass is 15.3. The molecule has 1 saturated heterocycles. The third-order valence-electron chi connectivity index (χ3n) is 4.50. The minimum atomic E-state index is 0.748. The number of anilines is 1. The number of rotatable bonds is 3. The van der Waals surface area contributed by atoms with Gasteiger partial charge in [-0.05, 0) is 19.2 Å². The maximum absolute atomic E-state index is 4.85. The standard InChI is InChI=1S/C20H21N5/c1-24-11-13-25(14-12-24)19-15-18(17-9-5-6-10-21-17)22-20(23-19)16-7-3-2-4-8-16/h2-10,15H,11-14H2,1H3. The zero-order valence-electron chi connectivity index (χ0n) is 14.3. The molecule has 1 aliphatic rings. The van der Waals surface area contributed by atoms with Gasteiger partial charge in [0.25, 0.3) is 0 Å². The smallest absolute Gasteiger partial charge is 0.162 e. The highest BCUT2D eigenvalue weighted by molar-refractivity contribution is 5.65. The summed E-state index contributed by atoms with van der Waals surface area (Å²) in [5, 5.41) is 0. The second-order valence-corrected chi connectivity index (χ2v) is 6.31. The van der Waals surface area contributed by atoms with Gasteiger partial charge in [0.05, 0.1) is 11.4 Å². The summed E-state index contributed by atoms with van der Waals surface area (Å²) in [5.74, 6) is 1.72. The van der Waals surface area contributed by atoms with Gasteiger partial charge in [0.15, 0.2) is 5.82 Å². The minimum Gasteiger partial charge on any atom is -0.354 e. The van der Waals surface area contributed by atoms with E-state index < -0.39 is 0 Å². The molecule has 0 saturated carbocycles. The SMILES string of the molecule is CN1CCN(c2cc(-c3ccccn3)nc(-c3ccccc3)n2)CC1. The molecule has 126 valence electrons. The van der Waals surface area contributed by atoms with E-state index in [2.05, 4.69) is 27.9 Å². The van der Waals surface area contributed by atoms with Crippen molar-refractivity contribution in [1.82, 2.24) is 19.9 Å². The molecule has 3 heterocycles. The summed E-state index contributed by atoms with van der Waals surface area (Å²) in [7, 11) is 2.16. The molecule has 5 heteroatoms. The van der Waals surface area contributed by atoms with E-state index >= 15 is 0 Å². The number of nitrogens with zero attached hydrogens (tertiary/aromatic N) is 5. The number of piperazine rings is 1. The molecule has 0 amide bonds. The van der Waals surface area contributed by atoms with Gasteiger partial charge in [0.1, 0.15) is 5.82 Å². The van der Waals surface area contributed by atoms with Crippen molar-refractivity contribution >= 4 is 5.82 Å². The molecular formula is C20H21N5. The predicted octanol–water partition coefficient (Wildman–Crippen LogP) is 2.96. The van der Waals surface area contributed by atoms with Crippen LogP contribution in [0.15, 0.2) is 60.8 Å². The van der Waals surface area contributed by atoms with Crippen LogP contribution < -0.4 is 4.90 Å². The molecule has 1 fully saturated rings. The molecular weight excluding hydrogens is 310 g/mol. The van der Waals surface area contributed by atoms with E-state index in [1.807, 2.05) is 48.5 Å². The Morgan fingerprint density at radius 1 is 0.800 bits per heavy atom. The third kappa shape index (κ3) is 3.51. The highest BCUT2D eigenvalue weighted by Crippen LogP contribution is 2.25. The van der Waals surface area contributed by atoms with Crippen LogP contribution in [0.4, 0.5) is 5.82 Å². The summed E-state index contributed by atoms with van der Waals surface area (Å²) >= 11 is 0. The second kappa shape index (κ2) is 6.99. The molecule has 2 aromatic heterocycles. The monoisotopic (exact) mass is 331 g/mol. The van der Waals surface area contributed by atoms with Crippen molar-refractivity contribution in [3.05, 3.63) is 60.8 Å². The molecule has 0 radical (unpaired) electrons. The average molecular weight is 331 g/mol. The second-order valence-electron chi connectivity index (χ2n) is 6.31. The molecule has 0 unspecified atom stereocenters. The normalized spacial score (nSPS) is 15.3. The Bertz CT molecular complexity index is 769. The van der Waals surface area contributed by atoms with Crippen LogP contribution >= 0.6 is 0 Å². The van der Waals surface area contributed by atoms with Crippen molar-refractivity contribution in [2.45, 2.75) is 0 Å². The number of hydrogen-bond acceptors (Lipinski definition) is 5. The number of aromatic nitrogens is 3. The molecule has 0 atom stereocenters. The van der Waals surface area contributed by atoms with Crippen LogP contribution in [-0.2, 0) is 0 Å². The third-order valence-corrected chi connectivity index (χ3v) is 4.50. The first-order valence-electron chi connectivity index (χ1n) is 8.59. The molecule has 0 N–H and O–H groups in total. The first-order valence-corrected chi connectivity index (χ1v) is 8.59. The van der Waals surface area contributed by atoms with Gasteiger partial charge < -0.3 is 9.80 Å². The Balaban J connectivity index is 1.78. The number of likely N-dealkylation sites (N-methyl/N-ethyl adjacent to an activating group) is 1. The zero-order valence-corrected chi connectivity index (χ0v) is 14.3. The maximum Gasteiger partial charge on any atom is 0.162 e. The van der Waals surface area contributed by atoms with Gasteiger partial charge in [-0.3, -0.25) is 4.98 Å². The van der Waals surface area contributed by atoms with Crippen molar-refractivity contribution in [3.8, 4) is 22.8 Å². The molecule has 0 aliphatic carbocycles. The number of benzene rings is 1. The van der Waals surface area contributed by atoms with E-state index in [1.165, 1.54) is 0 Å². The van der Waals surface area contributed by atoms with E-state index in [0.717, 1.165) is 54.8 Å². The summed E-state index contributed by atoms with van der Waals surface area (Å²) in [5.41, 5.74) is 2.76. The van der Waals surface area contributed by atoms with Gasteiger partial charge in [0.2, 0.25) is 0 Å². The highest BCUT2D eigenvalue weighted by Gasteiger charge is 2.18. The summed E-state index contributed by atoms with van der Waals surface area (Å²) < 4.78 is 0. The number of pyridine rings is 1. The van der Waals surface area contributed by atoms with Crippen LogP contribution in [0.1, 0.15) is 0 Å². The lowest BCUT2D eigenvalue weighted by Gasteiger charge is -2.33. The van der Waals surface area contributed by atoms with Crippen LogP contribution in [0, 0.1) is 0 Å². The Morgan fingerprint density at radius 2 is 1.56 bits per heavy atom. The summed E-state index contributed by atoms with van der Waals surface area (Å²) in [4.78, 5) is 18.8. The molecule has 4 rings (SSSR count). The first-order chi connectivity index (χ1) is 12.3. The fourth-order valence-electron chi connectivity index (χ4n) is 2.99. The van der Waals surface area contributed by atoms with Crippen molar-refractivity contribution < 1.29 is 0 Å². The molecule has 5 nitrogen and oxygen atoms in total. The molecule has 1 aliphatic heterocycles. The van der Waals surface area contributed by atoms with Gasteiger partial charge in [-0.1, -0.05) is 36.4 Å². The Morgan fingerprint density at radius 3 is 2.28 bits per heavy atom. The molecule has 1 aromatic carbocycles. The van der Waals surface area contributed by atoms with E-state index in [9.17, 15) is 0 Å². The van der Waals surface area contributed by atoms with E-state index in [0.29, 0.717) is 0 Å². The van der Waals surface area contributed by atoms with Crippen molar-refractivity contribution in [2.75, 3.05) is 38.1 Å². The Labute approximate surface area is 148 Å². The fraction of sp³-hybridized carbons (Fsp3) is 0.250. The van der Waals surface area contributed by atoms with Crippen LogP contribution in [0.2, 0.25) is 0 Å². The van der Waals surface area contributed by atoms with Gasteiger partial charge in [-0.25, -0.2) is 9.97 Å². The van der Waals surface area contributed by atoms with Gasteiger partial charge in [-0.15, -0.1) is 0 Å². The van der Waals surface area contributed by atoms with Crippen molar-refractivity contribution in [2.24, 2.45) is 0 Å². The Hall–Kier alpha value is -2.79. The molecule has 3 aromatic rings. The quantitative estimate of drug-likeness (QED) is 0.738. The zero-order chi connectivity index (χ0) is 17.1. The van der Waals surface area contributed by atoms with Crippen LogP contribution in [0.25, 0.3) is 22.8 Å². The number of hydrogen-bond donors (Lipinski definition) is 0. The summed E-state index contributed by atoms with van der Waals surface area (Å²) in [6.45, 7) is 4.04. The van der Waals surface area contributed by atoms with Gasteiger partial charge in [0, 0.05) is 44.0 Å². The van der Waals surface area contributed by atoms with E-state index in [4.69, 9.17) is 9.97 Å². The lowest BCUT2D eigenvalue weighted by molar-refractivity contribution is 0.312. The minimum absolute atomic E-state index is 0.748. The van der Waals surface area contributed by atoms with Crippen molar-refractivity contribution in [3.63, 3.8) is 0 Å². The predicted molar refractivity (Wildman–Crippen MR) is 100 cm³/mol. The first kappa shape index (κ1) is 15.7. The summed E-state index contributed by atoms with van der Waals surface area (Å²) in [6, 6.07) is 18.1. The topological polar surface area (TPSA) is 45.2 Å². The van der Waals surface area contributed by atoms with E-state index in [1.54, 1.807) is 6.20 Å². The Kier molecular flexibility index (Phi) is 4.39. The largest absolute Gasteiger partial charge is 0.354 e. The average Bonchev–Trinajstić information content (AvgIpc) is 2.69. The van der Waals surface area contributed by atoms with E-state index in [-0.39, 0.29) is 0 Å². The lowest BCUT2D eigenvalue weighted by Crippen LogP contribution is -2.44. The molecule has 0 bridgehead atoms. The van der Waals surface area contributed by atoms with Gasteiger partial charge in [-0.2, -0.15) is 0 Å².